The van der Waals surface area contributed by atoms with Crippen molar-refractivity contribution in [1.29, 1.82) is 0 Å². The van der Waals surface area contributed by atoms with E-state index in [0.717, 1.165) is 5.39 Å². The SMILES string of the molecule is NC(C(=O)O)c1ccc2oc(Cl)cc2c1. The van der Waals surface area contributed by atoms with E-state index in [4.69, 9.17) is 26.9 Å². The van der Waals surface area contributed by atoms with Crippen LogP contribution in [-0.4, -0.2) is 11.1 Å². The van der Waals surface area contributed by atoms with Crippen molar-refractivity contribution < 1.29 is 14.3 Å². The summed E-state index contributed by atoms with van der Waals surface area (Å²) in [6.07, 6.45) is 0. The molecule has 0 aliphatic carbocycles. The number of benzene rings is 1. The maximum Gasteiger partial charge on any atom is 0.325 e. The summed E-state index contributed by atoms with van der Waals surface area (Å²) < 4.78 is 5.14. The minimum atomic E-state index is -1.07. The Bertz CT molecular complexity index is 520. The number of rotatable bonds is 2. The van der Waals surface area contributed by atoms with Gasteiger partial charge in [0.15, 0.2) is 5.22 Å². The van der Waals surface area contributed by atoms with Crippen molar-refractivity contribution in [1.82, 2.24) is 0 Å². The normalized spacial score (nSPS) is 12.9. The van der Waals surface area contributed by atoms with Crippen LogP contribution in [0.1, 0.15) is 11.6 Å². The fourth-order valence-corrected chi connectivity index (χ4v) is 1.57. The van der Waals surface area contributed by atoms with E-state index in [2.05, 4.69) is 0 Å². The molecule has 1 aromatic heterocycles. The Balaban J connectivity index is 2.50. The van der Waals surface area contributed by atoms with Crippen LogP contribution in [-0.2, 0) is 4.79 Å². The monoisotopic (exact) mass is 225 g/mol. The molecule has 0 spiro atoms. The van der Waals surface area contributed by atoms with Gasteiger partial charge in [0.05, 0.1) is 0 Å². The summed E-state index contributed by atoms with van der Waals surface area (Å²) in [4.78, 5) is 10.7. The number of fused-ring (bicyclic) bond motifs is 1. The van der Waals surface area contributed by atoms with E-state index in [1.807, 2.05) is 0 Å². The van der Waals surface area contributed by atoms with Gasteiger partial charge in [-0.15, -0.1) is 0 Å². The van der Waals surface area contributed by atoms with Crippen LogP contribution < -0.4 is 5.73 Å². The zero-order chi connectivity index (χ0) is 11.0. The highest BCUT2D eigenvalue weighted by Gasteiger charge is 2.15. The average Bonchev–Trinajstić information content (AvgIpc) is 2.55. The number of hydrogen-bond acceptors (Lipinski definition) is 3. The highest BCUT2D eigenvalue weighted by Crippen LogP contribution is 2.25. The lowest BCUT2D eigenvalue weighted by Gasteiger charge is -2.05. The second kappa shape index (κ2) is 3.56. The first-order chi connectivity index (χ1) is 7.08. The summed E-state index contributed by atoms with van der Waals surface area (Å²) in [7, 11) is 0. The highest BCUT2D eigenvalue weighted by atomic mass is 35.5. The third-order valence-corrected chi connectivity index (χ3v) is 2.32. The van der Waals surface area contributed by atoms with Crippen molar-refractivity contribution in [2.75, 3.05) is 0 Å². The molecule has 0 aliphatic heterocycles. The average molecular weight is 226 g/mol. The number of carboxylic acids is 1. The fraction of sp³-hybridized carbons (Fsp3) is 0.100. The van der Waals surface area contributed by atoms with Crippen molar-refractivity contribution >= 4 is 28.5 Å². The van der Waals surface area contributed by atoms with Crippen LogP contribution in [0.4, 0.5) is 0 Å². The van der Waals surface area contributed by atoms with Crippen LogP contribution in [0.5, 0.6) is 0 Å². The van der Waals surface area contributed by atoms with Crippen molar-refractivity contribution in [3.05, 3.63) is 35.0 Å². The van der Waals surface area contributed by atoms with E-state index in [0.29, 0.717) is 11.1 Å². The number of carboxylic acid groups (broad SMARTS) is 1. The molecule has 1 aromatic carbocycles. The Hall–Kier alpha value is -1.52. The molecule has 5 heteroatoms. The Morgan fingerprint density at radius 2 is 2.20 bits per heavy atom. The molecule has 0 aliphatic rings. The largest absolute Gasteiger partial charge is 0.480 e. The Morgan fingerprint density at radius 3 is 2.87 bits per heavy atom. The van der Waals surface area contributed by atoms with E-state index in [9.17, 15) is 4.79 Å². The van der Waals surface area contributed by atoms with Gasteiger partial charge in [-0.05, 0) is 29.3 Å². The van der Waals surface area contributed by atoms with Gasteiger partial charge in [-0.25, -0.2) is 0 Å². The van der Waals surface area contributed by atoms with E-state index in [1.54, 1.807) is 24.3 Å². The van der Waals surface area contributed by atoms with Gasteiger partial charge in [-0.2, -0.15) is 0 Å². The van der Waals surface area contributed by atoms with Gasteiger partial charge in [-0.1, -0.05) is 6.07 Å². The van der Waals surface area contributed by atoms with E-state index >= 15 is 0 Å². The molecule has 0 amide bonds. The van der Waals surface area contributed by atoms with Gasteiger partial charge in [0.1, 0.15) is 11.6 Å². The van der Waals surface area contributed by atoms with Gasteiger partial charge in [-0.3, -0.25) is 4.79 Å². The second-order valence-electron chi connectivity index (χ2n) is 3.16. The fourth-order valence-electron chi connectivity index (χ4n) is 1.37. The molecular weight excluding hydrogens is 218 g/mol. The predicted octanol–water partition coefficient (Wildman–Crippen LogP) is 2.17. The number of aliphatic carboxylic acids is 1. The maximum atomic E-state index is 10.7. The zero-order valence-electron chi connectivity index (χ0n) is 7.61. The smallest absolute Gasteiger partial charge is 0.325 e. The molecule has 1 atom stereocenters. The first-order valence-corrected chi connectivity index (χ1v) is 4.63. The first-order valence-electron chi connectivity index (χ1n) is 4.25. The summed E-state index contributed by atoms with van der Waals surface area (Å²) in [5.74, 6) is -1.07. The molecule has 4 nitrogen and oxygen atoms in total. The topological polar surface area (TPSA) is 76.5 Å². The van der Waals surface area contributed by atoms with Gasteiger partial charge in [0, 0.05) is 11.5 Å². The quantitative estimate of drug-likeness (QED) is 0.821. The molecule has 0 fully saturated rings. The number of halogens is 1. The summed E-state index contributed by atoms with van der Waals surface area (Å²) in [6, 6.07) is 5.52. The van der Waals surface area contributed by atoms with Crippen molar-refractivity contribution in [2.45, 2.75) is 6.04 Å². The lowest BCUT2D eigenvalue weighted by atomic mass is 10.1. The highest BCUT2D eigenvalue weighted by molar-refractivity contribution is 6.29. The minimum absolute atomic E-state index is 0.269. The predicted molar refractivity (Wildman–Crippen MR) is 55.8 cm³/mol. The van der Waals surface area contributed by atoms with Gasteiger partial charge in [0.2, 0.25) is 0 Å². The Kier molecular flexibility index (Phi) is 2.38. The van der Waals surface area contributed by atoms with Crippen molar-refractivity contribution in [3.8, 4) is 0 Å². The van der Waals surface area contributed by atoms with Crippen LogP contribution in [0.15, 0.2) is 28.7 Å². The molecule has 2 rings (SSSR count). The van der Waals surface area contributed by atoms with Crippen LogP contribution in [0.2, 0.25) is 5.22 Å². The van der Waals surface area contributed by atoms with Crippen LogP contribution >= 0.6 is 11.6 Å². The number of carbonyl (C=O) groups is 1. The summed E-state index contributed by atoms with van der Waals surface area (Å²) in [5.41, 5.74) is 6.61. The maximum absolute atomic E-state index is 10.7. The standard InChI is InChI=1S/C10H8ClNO3/c11-8-4-6-3-5(9(12)10(13)14)1-2-7(6)15-8/h1-4,9H,12H2,(H,13,14). The molecule has 2 aromatic rings. The van der Waals surface area contributed by atoms with Gasteiger partial charge >= 0.3 is 5.97 Å². The molecule has 0 saturated heterocycles. The van der Waals surface area contributed by atoms with Crippen molar-refractivity contribution in [3.63, 3.8) is 0 Å². The molecule has 1 unspecified atom stereocenters. The number of furan rings is 1. The van der Waals surface area contributed by atoms with E-state index in [-0.39, 0.29) is 5.22 Å². The molecular formula is C10H8ClNO3. The minimum Gasteiger partial charge on any atom is -0.480 e. The first kappa shape index (κ1) is 10.0. The molecule has 0 saturated carbocycles. The molecule has 1 heterocycles. The summed E-state index contributed by atoms with van der Waals surface area (Å²) >= 11 is 5.66. The molecule has 3 N–H and O–H groups in total. The second-order valence-corrected chi connectivity index (χ2v) is 3.54. The van der Waals surface area contributed by atoms with Crippen molar-refractivity contribution in [2.24, 2.45) is 5.73 Å². The number of nitrogens with two attached hydrogens (primary N) is 1. The zero-order valence-corrected chi connectivity index (χ0v) is 8.36. The lowest BCUT2D eigenvalue weighted by molar-refractivity contribution is -0.138. The molecule has 0 bridgehead atoms. The van der Waals surface area contributed by atoms with Crippen LogP contribution in [0.25, 0.3) is 11.0 Å². The van der Waals surface area contributed by atoms with Crippen LogP contribution in [0.3, 0.4) is 0 Å². The number of hydrogen-bond donors (Lipinski definition) is 2. The summed E-state index contributed by atoms with van der Waals surface area (Å²) in [6.45, 7) is 0. The van der Waals surface area contributed by atoms with Gasteiger partial charge in [0.25, 0.3) is 0 Å². The molecule has 0 radical (unpaired) electrons. The van der Waals surface area contributed by atoms with E-state index in [1.165, 1.54) is 0 Å². The van der Waals surface area contributed by atoms with E-state index < -0.39 is 12.0 Å². The molecule has 15 heavy (non-hydrogen) atoms. The van der Waals surface area contributed by atoms with Crippen LogP contribution in [0, 0.1) is 0 Å². The third-order valence-electron chi connectivity index (χ3n) is 2.14. The Morgan fingerprint density at radius 1 is 1.47 bits per heavy atom. The summed E-state index contributed by atoms with van der Waals surface area (Å²) in [5, 5.41) is 9.75. The third kappa shape index (κ3) is 1.82. The lowest BCUT2D eigenvalue weighted by Crippen LogP contribution is -2.20. The van der Waals surface area contributed by atoms with Gasteiger partial charge < -0.3 is 15.3 Å². The Labute approximate surface area is 90.2 Å². The molecule has 78 valence electrons.